The Hall–Kier alpha value is -2.17. The molecular formula is C17H16N2OS. The van der Waals surface area contributed by atoms with Gasteiger partial charge in [-0.15, -0.1) is 11.3 Å². The molecule has 3 rings (SSSR count). The first kappa shape index (κ1) is 13.8. The molecule has 0 aliphatic carbocycles. The van der Waals surface area contributed by atoms with Crippen LogP contribution in [0.2, 0.25) is 0 Å². The lowest BCUT2D eigenvalue weighted by molar-refractivity contribution is 0.416. The van der Waals surface area contributed by atoms with Crippen LogP contribution in [0.1, 0.15) is 5.01 Å². The maximum Gasteiger partial charge on any atom is 0.128 e. The molecule has 4 heteroatoms. The van der Waals surface area contributed by atoms with Gasteiger partial charge in [0, 0.05) is 12.1 Å². The Morgan fingerprint density at radius 3 is 2.48 bits per heavy atom. The van der Waals surface area contributed by atoms with E-state index in [1.807, 2.05) is 42.5 Å². The van der Waals surface area contributed by atoms with Crippen molar-refractivity contribution >= 4 is 11.3 Å². The Bertz CT molecular complexity index is 738. The Labute approximate surface area is 128 Å². The second kappa shape index (κ2) is 6.08. The van der Waals surface area contributed by atoms with Crippen molar-refractivity contribution in [1.82, 2.24) is 4.98 Å². The van der Waals surface area contributed by atoms with Crippen molar-refractivity contribution in [3.63, 3.8) is 0 Å². The summed E-state index contributed by atoms with van der Waals surface area (Å²) >= 11 is 1.63. The summed E-state index contributed by atoms with van der Waals surface area (Å²) < 4.78 is 5.47. The minimum Gasteiger partial charge on any atom is -0.496 e. The lowest BCUT2D eigenvalue weighted by Gasteiger charge is -2.08. The summed E-state index contributed by atoms with van der Waals surface area (Å²) in [5, 5.41) is 0.926. The highest BCUT2D eigenvalue weighted by molar-refractivity contribution is 7.15. The van der Waals surface area contributed by atoms with E-state index in [0.717, 1.165) is 32.5 Å². The van der Waals surface area contributed by atoms with Gasteiger partial charge in [0.25, 0.3) is 0 Å². The zero-order chi connectivity index (χ0) is 14.7. The van der Waals surface area contributed by atoms with Crippen LogP contribution in [0, 0.1) is 0 Å². The van der Waals surface area contributed by atoms with E-state index in [2.05, 4.69) is 12.1 Å². The van der Waals surface area contributed by atoms with E-state index in [4.69, 9.17) is 15.5 Å². The molecule has 0 aliphatic rings. The highest BCUT2D eigenvalue weighted by atomic mass is 32.1. The molecule has 0 radical (unpaired) electrons. The number of nitrogens with two attached hydrogens (primary N) is 1. The molecular weight excluding hydrogens is 280 g/mol. The second-order valence-electron chi connectivity index (χ2n) is 4.56. The molecule has 0 spiro atoms. The fourth-order valence-corrected chi connectivity index (χ4v) is 3.22. The molecule has 0 atom stereocenters. The SMILES string of the molecule is COc1ccccc1-c1nc(CN)sc1-c1ccccc1. The van der Waals surface area contributed by atoms with Crippen LogP contribution in [0.5, 0.6) is 5.75 Å². The van der Waals surface area contributed by atoms with Crippen LogP contribution in [0.15, 0.2) is 54.6 Å². The topological polar surface area (TPSA) is 48.1 Å². The summed E-state index contributed by atoms with van der Waals surface area (Å²) in [6.45, 7) is 0.444. The van der Waals surface area contributed by atoms with Gasteiger partial charge in [-0.1, -0.05) is 42.5 Å². The van der Waals surface area contributed by atoms with Crippen molar-refractivity contribution in [2.24, 2.45) is 5.73 Å². The molecule has 0 amide bonds. The fraction of sp³-hybridized carbons (Fsp3) is 0.118. The largest absolute Gasteiger partial charge is 0.496 e. The quantitative estimate of drug-likeness (QED) is 0.793. The van der Waals surface area contributed by atoms with E-state index in [1.165, 1.54) is 0 Å². The number of methoxy groups -OCH3 is 1. The van der Waals surface area contributed by atoms with Crippen LogP contribution in [0.3, 0.4) is 0 Å². The van der Waals surface area contributed by atoms with Crippen LogP contribution >= 0.6 is 11.3 Å². The maximum absolute atomic E-state index is 5.78. The number of hydrogen-bond acceptors (Lipinski definition) is 4. The molecule has 0 saturated heterocycles. The number of hydrogen-bond donors (Lipinski definition) is 1. The third kappa shape index (κ3) is 2.68. The summed E-state index contributed by atoms with van der Waals surface area (Å²) in [7, 11) is 1.68. The van der Waals surface area contributed by atoms with Crippen molar-refractivity contribution in [3.05, 3.63) is 59.6 Å². The number of thiazole rings is 1. The van der Waals surface area contributed by atoms with E-state index < -0.39 is 0 Å². The van der Waals surface area contributed by atoms with Gasteiger partial charge in [0.05, 0.1) is 17.7 Å². The van der Waals surface area contributed by atoms with E-state index in [0.29, 0.717) is 6.54 Å². The molecule has 106 valence electrons. The predicted molar refractivity (Wildman–Crippen MR) is 87.4 cm³/mol. The van der Waals surface area contributed by atoms with Crippen molar-refractivity contribution < 1.29 is 4.74 Å². The molecule has 0 aliphatic heterocycles. The van der Waals surface area contributed by atoms with Crippen LogP contribution in [-0.4, -0.2) is 12.1 Å². The van der Waals surface area contributed by atoms with Crippen LogP contribution in [0.4, 0.5) is 0 Å². The lowest BCUT2D eigenvalue weighted by Crippen LogP contribution is -1.95. The summed E-state index contributed by atoms with van der Waals surface area (Å²) in [6.07, 6.45) is 0. The first-order valence-electron chi connectivity index (χ1n) is 6.72. The molecule has 3 aromatic rings. The van der Waals surface area contributed by atoms with Gasteiger partial charge in [0.1, 0.15) is 10.8 Å². The molecule has 3 nitrogen and oxygen atoms in total. The zero-order valence-electron chi connectivity index (χ0n) is 11.7. The van der Waals surface area contributed by atoms with E-state index in [9.17, 15) is 0 Å². The minimum atomic E-state index is 0.444. The molecule has 21 heavy (non-hydrogen) atoms. The second-order valence-corrected chi connectivity index (χ2v) is 5.64. The Morgan fingerprint density at radius 2 is 1.76 bits per heavy atom. The molecule has 1 aromatic heterocycles. The fourth-order valence-electron chi connectivity index (χ4n) is 2.26. The van der Waals surface area contributed by atoms with Gasteiger partial charge < -0.3 is 10.5 Å². The molecule has 0 bridgehead atoms. The number of nitrogens with zero attached hydrogens (tertiary/aromatic N) is 1. The normalized spacial score (nSPS) is 10.6. The molecule has 0 unspecified atom stereocenters. The summed E-state index contributed by atoms with van der Waals surface area (Å²) in [4.78, 5) is 5.82. The van der Waals surface area contributed by atoms with E-state index in [1.54, 1.807) is 18.4 Å². The van der Waals surface area contributed by atoms with Crippen LogP contribution in [0.25, 0.3) is 21.7 Å². The average Bonchev–Trinajstić information content (AvgIpc) is 3.00. The number of rotatable bonds is 4. The molecule has 2 N–H and O–H groups in total. The molecule has 0 fully saturated rings. The standard InChI is InChI=1S/C17H16N2OS/c1-20-14-10-6-5-9-13(14)16-17(21-15(11-18)19-16)12-7-3-2-4-8-12/h2-10H,11,18H2,1H3. The predicted octanol–water partition coefficient (Wildman–Crippen LogP) is 3.94. The van der Waals surface area contributed by atoms with Gasteiger partial charge in [-0.25, -0.2) is 4.98 Å². The Balaban J connectivity index is 2.20. The minimum absolute atomic E-state index is 0.444. The smallest absolute Gasteiger partial charge is 0.128 e. The summed E-state index contributed by atoms with van der Waals surface area (Å²) in [5.74, 6) is 0.823. The first-order chi connectivity index (χ1) is 10.3. The van der Waals surface area contributed by atoms with Gasteiger partial charge >= 0.3 is 0 Å². The number of para-hydroxylation sites is 1. The lowest BCUT2D eigenvalue weighted by atomic mass is 10.1. The highest BCUT2D eigenvalue weighted by Crippen LogP contribution is 2.40. The zero-order valence-corrected chi connectivity index (χ0v) is 12.6. The van der Waals surface area contributed by atoms with Crippen molar-refractivity contribution in [1.29, 1.82) is 0 Å². The molecule has 0 saturated carbocycles. The van der Waals surface area contributed by atoms with Gasteiger partial charge in [-0.2, -0.15) is 0 Å². The van der Waals surface area contributed by atoms with E-state index in [-0.39, 0.29) is 0 Å². The Kier molecular flexibility index (Phi) is 3.99. The molecule has 1 heterocycles. The van der Waals surface area contributed by atoms with Gasteiger partial charge in [0.15, 0.2) is 0 Å². The van der Waals surface area contributed by atoms with Gasteiger partial charge in [-0.05, 0) is 17.7 Å². The first-order valence-corrected chi connectivity index (χ1v) is 7.53. The van der Waals surface area contributed by atoms with Crippen molar-refractivity contribution in [2.75, 3.05) is 7.11 Å². The number of ether oxygens (including phenoxy) is 1. The van der Waals surface area contributed by atoms with E-state index >= 15 is 0 Å². The maximum atomic E-state index is 5.78. The highest BCUT2D eigenvalue weighted by Gasteiger charge is 2.17. The van der Waals surface area contributed by atoms with Crippen molar-refractivity contribution in [3.8, 4) is 27.4 Å². The number of benzene rings is 2. The third-order valence-corrected chi connectivity index (χ3v) is 4.37. The average molecular weight is 296 g/mol. The number of aromatic nitrogens is 1. The van der Waals surface area contributed by atoms with Gasteiger partial charge in [0.2, 0.25) is 0 Å². The molecule has 2 aromatic carbocycles. The monoisotopic (exact) mass is 296 g/mol. The van der Waals surface area contributed by atoms with Crippen molar-refractivity contribution in [2.45, 2.75) is 6.54 Å². The third-order valence-electron chi connectivity index (χ3n) is 3.24. The van der Waals surface area contributed by atoms with Gasteiger partial charge in [-0.3, -0.25) is 0 Å². The summed E-state index contributed by atoms with van der Waals surface area (Å²) in [5.41, 5.74) is 8.85. The summed E-state index contributed by atoms with van der Waals surface area (Å²) in [6, 6.07) is 18.2. The Morgan fingerprint density at radius 1 is 1.05 bits per heavy atom. The van der Waals surface area contributed by atoms with Crippen LogP contribution < -0.4 is 10.5 Å². The van der Waals surface area contributed by atoms with Crippen LogP contribution in [-0.2, 0) is 6.54 Å².